The van der Waals surface area contributed by atoms with Crippen LogP contribution < -0.4 is 4.74 Å². The van der Waals surface area contributed by atoms with E-state index in [0.29, 0.717) is 12.3 Å². The molecule has 0 aliphatic carbocycles. The van der Waals surface area contributed by atoms with Crippen LogP contribution in [0, 0.1) is 0 Å². The third-order valence-corrected chi connectivity index (χ3v) is 3.08. The Labute approximate surface area is 98.4 Å². The lowest BCUT2D eigenvalue weighted by atomic mass is 10.3. The minimum absolute atomic E-state index is 0.0534. The summed E-state index contributed by atoms with van der Waals surface area (Å²) in [5.41, 5.74) is 0.633. The number of hydrogen-bond donors (Lipinski definition) is 1. The quantitative estimate of drug-likeness (QED) is 0.864. The molecule has 16 heavy (non-hydrogen) atoms. The molecule has 2 aromatic heterocycles. The van der Waals surface area contributed by atoms with E-state index in [0.717, 1.165) is 12.2 Å². The summed E-state index contributed by atoms with van der Waals surface area (Å²) in [6, 6.07) is 7.69. The number of nitrogens with zero attached hydrogens (tertiary/aromatic N) is 1. The van der Waals surface area contributed by atoms with Gasteiger partial charge in [-0.3, -0.25) is 4.98 Å². The third kappa shape index (κ3) is 3.05. The van der Waals surface area contributed by atoms with Crippen molar-refractivity contribution in [2.75, 3.05) is 6.61 Å². The molecule has 0 atom stereocenters. The number of aliphatic hydroxyl groups is 1. The van der Waals surface area contributed by atoms with Crippen molar-refractivity contribution in [2.45, 2.75) is 13.0 Å². The maximum absolute atomic E-state index is 8.92. The Bertz CT molecular complexity index is 428. The van der Waals surface area contributed by atoms with Gasteiger partial charge in [-0.1, -0.05) is 6.07 Å². The van der Waals surface area contributed by atoms with Gasteiger partial charge in [-0.05, 0) is 17.5 Å². The molecule has 3 nitrogen and oxygen atoms in total. The Morgan fingerprint density at radius 2 is 2.31 bits per heavy atom. The number of thiophene rings is 1. The number of pyridine rings is 1. The molecule has 0 radical (unpaired) electrons. The number of aromatic nitrogens is 1. The smallest absolute Gasteiger partial charge is 0.122 e. The van der Waals surface area contributed by atoms with Gasteiger partial charge in [0.1, 0.15) is 5.75 Å². The molecule has 2 heterocycles. The summed E-state index contributed by atoms with van der Waals surface area (Å²) in [6.45, 7) is 0.595. The molecule has 0 amide bonds. The van der Waals surface area contributed by atoms with E-state index in [1.807, 2.05) is 6.07 Å². The highest BCUT2D eigenvalue weighted by Crippen LogP contribution is 2.13. The molecule has 1 N–H and O–H groups in total. The van der Waals surface area contributed by atoms with Gasteiger partial charge in [-0.15, -0.1) is 11.3 Å². The molecule has 2 rings (SSSR count). The zero-order valence-corrected chi connectivity index (χ0v) is 9.61. The first-order valence-electron chi connectivity index (χ1n) is 5.09. The minimum Gasteiger partial charge on any atom is -0.493 e. The first kappa shape index (κ1) is 11.1. The molecule has 0 saturated heterocycles. The summed E-state index contributed by atoms with van der Waals surface area (Å²) in [4.78, 5) is 5.30. The molecule has 0 saturated carbocycles. The van der Waals surface area contributed by atoms with Gasteiger partial charge in [-0.2, -0.15) is 0 Å². The van der Waals surface area contributed by atoms with Crippen LogP contribution in [0.5, 0.6) is 5.75 Å². The lowest BCUT2D eigenvalue weighted by molar-refractivity contribution is 0.274. The monoisotopic (exact) mass is 235 g/mol. The van der Waals surface area contributed by atoms with Crippen molar-refractivity contribution in [3.8, 4) is 5.75 Å². The average molecular weight is 235 g/mol. The first-order chi connectivity index (χ1) is 7.88. The largest absolute Gasteiger partial charge is 0.493 e. The second kappa shape index (κ2) is 5.63. The Kier molecular flexibility index (Phi) is 3.91. The Balaban J connectivity index is 1.85. The van der Waals surface area contributed by atoms with Crippen molar-refractivity contribution < 1.29 is 9.84 Å². The zero-order valence-electron chi connectivity index (χ0n) is 8.80. The molecule has 0 unspecified atom stereocenters. The fraction of sp³-hybridized carbons (Fsp3) is 0.250. The maximum atomic E-state index is 8.92. The van der Waals surface area contributed by atoms with E-state index >= 15 is 0 Å². The van der Waals surface area contributed by atoms with Crippen molar-refractivity contribution in [3.05, 3.63) is 46.4 Å². The summed E-state index contributed by atoms with van der Waals surface area (Å²) in [7, 11) is 0. The number of aliphatic hydroxyl groups excluding tert-OH is 1. The van der Waals surface area contributed by atoms with E-state index in [9.17, 15) is 0 Å². The molecule has 0 bridgehead atoms. The Morgan fingerprint density at radius 3 is 3.06 bits per heavy atom. The van der Waals surface area contributed by atoms with Crippen molar-refractivity contribution in [3.63, 3.8) is 0 Å². The van der Waals surface area contributed by atoms with Crippen LogP contribution in [-0.2, 0) is 13.0 Å². The van der Waals surface area contributed by atoms with Gasteiger partial charge in [0.15, 0.2) is 0 Å². The van der Waals surface area contributed by atoms with Gasteiger partial charge < -0.3 is 9.84 Å². The standard InChI is InChI=1S/C12H13NO2S/c14-9-10-8-11(3-5-13-10)15-6-4-12-2-1-7-16-12/h1-3,5,7-8,14H,4,6,9H2. The minimum atomic E-state index is -0.0534. The van der Waals surface area contributed by atoms with Crippen molar-refractivity contribution in [1.29, 1.82) is 0 Å². The molecule has 4 heteroatoms. The van der Waals surface area contributed by atoms with Gasteiger partial charge in [0, 0.05) is 23.6 Å². The predicted molar refractivity (Wildman–Crippen MR) is 63.7 cm³/mol. The summed E-state index contributed by atoms with van der Waals surface area (Å²) in [5, 5.41) is 11.0. The van der Waals surface area contributed by atoms with E-state index in [1.54, 1.807) is 29.7 Å². The van der Waals surface area contributed by atoms with Crippen molar-refractivity contribution >= 4 is 11.3 Å². The van der Waals surface area contributed by atoms with Crippen LogP contribution in [0.2, 0.25) is 0 Å². The summed E-state index contributed by atoms with van der Waals surface area (Å²) >= 11 is 1.73. The predicted octanol–water partition coefficient (Wildman–Crippen LogP) is 2.26. The second-order valence-electron chi connectivity index (χ2n) is 3.32. The van der Waals surface area contributed by atoms with Gasteiger partial charge in [0.2, 0.25) is 0 Å². The lowest BCUT2D eigenvalue weighted by Crippen LogP contribution is -2.01. The Hall–Kier alpha value is -1.39. The topological polar surface area (TPSA) is 42.4 Å². The van der Waals surface area contributed by atoms with E-state index < -0.39 is 0 Å². The molecule has 2 aromatic rings. The van der Waals surface area contributed by atoms with Crippen LogP contribution in [0.1, 0.15) is 10.6 Å². The number of hydrogen-bond acceptors (Lipinski definition) is 4. The van der Waals surface area contributed by atoms with E-state index in [2.05, 4.69) is 16.4 Å². The first-order valence-corrected chi connectivity index (χ1v) is 5.97. The van der Waals surface area contributed by atoms with Crippen molar-refractivity contribution in [1.82, 2.24) is 4.98 Å². The number of rotatable bonds is 5. The molecular weight excluding hydrogens is 222 g/mol. The van der Waals surface area contributed by atoms with E-state index in [4.69, 9.17) is 9.84 Å². The molecule has 0 aliphatic rings. The highest BCUT2D eigenvalue weighted by Gasteiger charge is 1.98. The Morgan fingerprint density at radius 1 is 1.38 bits per heavy atom. The van der Waals surface area contributed by atoms with Crippen molar-refractivity contribution in [2.24, 2.45) is 0 Å². The van der Waals surface area contributed by atoms with Gasteiger partial charge >= 0.3 is 0 Å². The summed E-state index contributed by atoms with van der Waals surface area (Å²) in [6.07, 6.45) is 2.56. The highest BCUT2D eigenvalue weighted by atomic mass is 32.1. The highest BCUT2D eigenvalue weighted by molar-refractivity contribution is 7.09. The van der Waals surface area contributed by atoms with Gasteiger partial charge in [0.05, 0.1) is 18.9 Å². The molecule has 0 aromatic carbocycles. The average Bonchev–Trinajstić information content (AvgIpc) is 2.82. The van der Waals surface area contributed by atoms with Crippen LogP contribution in [0.4, 0.5) is 0 Å². The fourth-order valence-corrected chi connectivity index (χ4v) is 2.05. The van der Waals surface area contributed by atoms with Gasteiger partial charge in [0.25, 0.3) is 0 Å². The molecule has 84 valence electrons. The molecule has 0 aliphatic heterocycles. The lowest BCUT2D eigenvalue weighted by Gasteiger charge is -2.05. The third-order valence-electron chi connectivity index (χ3n) is 2.15. The maximum Gasteiger partial charge on any atom is 0.122 e. The fourth-order valence-electron chi connectivity index (χ4n) is 1.36. The van der Waals surface area contributed by atoms with E-state index in [-0.39, 0.29) is 6.61 Å². The SMILES string of the molecule is OCc1cc(OCCc2cccs2)ccn1. The summed E-state index contributed by atoms with van der Waals surface area (Å²) < 4.78 is 5.58. The zero-order chi connectivity index (χ0) is 11.2. The molecule has 0 fully saturated rings. The van der Waals surface area contributed by atoms with Crippen LogP contribution in [0.25, 0.3) is 0 Å². The van der Waals surface area contributed by atoms with Crippen LogP contribution >= 0.6 is 11.3 Å². The molecule has 0 spiro atoms. The van der Waals surface area contributed by atoms with Crippen LogP contribution in [-0.4, -0.2) is 16.7 Å². The van der Waals surface area contributed by atoms with Crippen LogP contribution in [0.3, 0.4) is 0 Å². The number of ether oxygens (including phenoxy) is 1. The summed E-state index contributed by atoms with van der Waals surface area (Å²) in [5.74, 6) is 0.760. The second-order valence-corrected chi connectivity index (χ2v) is 4.35. The normalized spacial score (nSPS) is 10.3. The van der Waals surface area contributed by atoms with Gasteiger partial charge in [-0.25, -0.2) is 0 Å². The molecular formula is C12H13NO2S. The van der Waals surface area contributed by atoms with Crippen LogP contribution in [0.15, 0.2) is 35.8 Å². The van der Waals surface area contributed by atoms with E-state index in [1.165, 1.54) is 4.88 Å².